The summed E-state index contributed by atoms with van der Waals surface area (Å²) < 4.78 is 13.9. The van der Waals surface area contributed by atoms with Gasteiger partial charge in [-0.25, -0.2) is 4.39 Å². The van der Waals surface area contributed by atoms with Crippen molar-refractivity contribution in [2.45, 2.75) is 63.5 Å². The standard InChI is InChI=1S/C29H32BClFN7/c1-28(2)11-3-4-24(28)35-26-17(14-33)15-34-27-22(26)12-20(13-23(27)31)36-29(30,18-5-7-19(32)8-6-18)25-16-39(38-37-25)21-9-10-21/h5-8,12-13,15-16,21,24,36-38H,3-4,9-11,30H2,1-2H3,(H,34,35). The molecular weight excluding hydrogens is 512 g/mol. The number of rotatable bonds is 7. The first-order valence-electron chi connectivity index (χ1n) is 13.5. The summed E-state index contributed by atoms with van der Waals surface area (Å²) in [5.74, 6) is -0.290. The first kappa shape index (κ1) is 25.8. The first-order chi connectivity index (χ1) is 18.7. The van der Waals surface area contributed by atoms with Crippen LogP contribution in [0.15, 0.2) is 54.5 Å². The van der Waals surface area contributed by atoms with E-state index in [9.17, 15) is 9.65 Å². The van der Waals surface area contributed by atoms with Crippen molar-refractivity contribution < 1.29 is 4.39 Å². The first-order valence-corrected chi connectivity index (χ1v) is 13.9. The Kier molecular flexibility index (Phi) is 6.36. The molecule has 0 bridgehead atoms. The Morgan fingerprint density at radius 3 is 2.67 bits per heavy atom. The predicted molar refractivity (Wildman–Crippen MR) is 156 cm³/mol. The summed E-state index contributed by atoms with van der Waals surface area (Å²) in [5.41, 5.74) is 10.4. The highest BCUT2D eigenvalue weighted by Gasteiger charge is 2.38. The minimum atomic E-state index is -0.747. The zero-order chi connectivity index (χ0) is 27.4. The smallest absolute Gasteiger partial charge is 0.148 e. The van der Waals surface area contributed by atoms with Crippen LogP contribution in [-0.4, -0.2) is 29.9 Å². The highest BCUT2D eigenvalue weighted by molar-refractivity contribution is 6.36. The second-order valence-corrected chi connectivity index (χ2v) is 12.2. The molecule has 7 nitrogen and oxygen atoms in total. The van der Waals surface area contributed by atoms with Gasteiger partial charge in [0.05, 0.1) is 32.9 Å². The Labute approximate surface area is 234 Å². The normalized spacial score (nSPS) is 21.7. The Morgan fingerprint density at radius 1 is 1.23 bits per heavy atom. The number of pyridine rings is 1. The molecule has 2 saturated carbocycles. The van der Waals surface area contributed by atoms with Crippen molar-refractivity contribution in [3.63, 3.8) is 0 Å². The van der Waals surface area contributed by atoms with Crippen molar-refractivity contribution in [2.24, 2.45) is 5.41 Å². The molecule has 0 amide bonds. The van der Waals surface area contributed by atoms with Crippen LogP contribution >= 0.6 is 11.6 Å². The second kappa shape index (κ2) is 9.62. The third kappa shape index (κ3) is 4.77. The molecule has 39 heavy (non-hydrogen) atoms. The van der Waals surface area contributed by atoms with Crippen LogP contribution < -0.4 is 21.6 Å². The molecule has 3 aromatic rings. The van der Waals surface area contributed by atoms with E-state index in [-0.39, 0.29) is 17.3 Å². The average Bonchev–Trinajstić information content (AvgIpc) is 3.53. The Hall–Kier alpha value is -3.48. The molecule has 2 unspecified atom stereocenters. The molecule has 4 N–H and O–H groups in total. The summed E-state index contributed by atoms with van der Waals surface area (Å²) in [6.07, 6.45) is 9.27. The quantitative estimate of drug-likeness (QED) is 0.308. The van der Waals surface area contributed by atoms with E-state index in [0.29, 0.717) is 22.1 Å². The van der Waals surface area contributed by atoms with E-state index in [2.05, 4.69) is 65.5 Å². The maximum Gasteiger partial charge on any atom is 0.148 e. The van der Waals surface area contributed by atoms with Crippen LogP contribution in [0.5, 0.6) is 0 Å². The molecule has 6 rings (SSSR count). The minimum absolute atomic E-state index is 0.115. The van der Waals surface area contributed by atoms with Crippen molar-refractivity contribution in [3.8, 4) is 6.07 Å². The Bertz CT molecular complexity index is 1500. The van der Waals surface area contributed by atoms with Gasteiger partial charge >= 0.3 is 0 Å². The van der Waals surface area contributed by atoms with Gasteiger partial charge < -0.3 is 16.1 Å². The number of hydrazine groups is 2. The van der Waals surface area contributed by atoms with Crippen LogP contribution in [0.25, 0.3) is 10.9 Å². The van der Waals surface area contributed by atoms with Gasteiger partial charge in [-0.3, -0.25) is 9.99 Å². The molecule has 200 valence electrons. The van der Waals surface area contributed by atoms with Gasteiger partial charge in [-0.2, -0.15) is 5.26 Å². The number of nitrogens with zero attached hydrogens (tertiary/aromatic N) is 3. The highest BCUT2D eigenvalue weighted by Crippen LogP contribution is 2.42. The number of aromatic nitrogens is 1. The highest BCUT2D eigenvalue weighted by atomic mass is 35.5. The lowest BCUT2D eigenvalue weighted by atomic mass is 9.69. The number of nitrogens with one attached hydrogen (secondary N) is 4. The third-order valence-corrected chi connectivity index (χ3v) is 8.79. The van der Waals surface area contributed by atoms with E-state index in [1.807, 2.05) is 12.1 Å². The van der Waals surface area contributed by atoms with Gasteiger partial charge in [-0.1, -0.05) is 44.0 Å². The maximum atomic E-state index is 13.9. The zero-order valence-corrected chi connectivity index (χ0v) is 23.2. The molecule has 2 atom stereocenters. The molecular formula is C29H32BClFN7. The van der Waals surface area contributed by atoms with Crippen LogP contribution in [0.2, 0.25) is 5.02 Å². The number of benzene rings is 2. The topological polar surface area (TPSA) is 88.0 Å². The van der Waals surface area contributed by atoms with Crippen molar-refractivity contribution >= 4 is 41.7 Å². The Morgan fingerprint density at radius 2 is 2.00 bits per heavy atom. The van der Waals surface area contributed by atoms with E-state index in [1.54, 1.807) is 18.3 Å². The van der Waals surface area contributed by atoms with Gasteiger partial charge in [0.25, 0.3) is 0 Å². The van der Waals surface area contributed by atoms with E-state index in [1.165, 1.54) is 12.1 Å². The van der Waals surface area contributed by atoms with E-state index in [0.717, 1.165) is 60.1 Å². The van der Waals surface area contributed by atoms with Crippen LogP contribution in [0, 0.1) is 22.6 Å². The lowest BCUT2D eigenvalue weighted by molar-refractivity contribution is 0.260. The van der Waals surface area contributed by atoms with Crippen LogP contribution in [0.4, 0.5) is 15.8 Å². The molecule has 0 spiro atoms. The molecule has 2 aliphatic carbocycles. The average molecular weight is 544 g/mol. The third-order valence-electron chi connectivity index (χ3n) is 8.50. The number of nitriles is 1. The van der Waals surface area contributed by atoms with Crippen molar-refractivity contribution in [3.05, 3.63) is 76.5 Å². The lowest BCUT2D eigenvalue weighted by Crippen LogP contribution is -2.45. The largest absolute Gasteiger partial charge is 0.380 e. The van der Waals surface area contributed by atoms with E-state index >= 15 is 0 Å². The molecule has 1 aromatic heterocycles. The number of hydrogen-bond donors (Lipinski definition) is 4. The summed E-state index contributed by atoms with van der Waals surface area (Å²) >= 11 is 6.82. The molecule has 10 heteroatoms. The van der Waals surface area contributed by atoms with Gasteiger partial charge in [-0.15, -0.1) is 5.53 Å². The summed E-state index contributed by atoms with van der Waals surface area (Å²) in [4.78, 5) is 4.54. The Balaban J connectivity index is 1.44. The van der Waals surface area contributed by atoms with Crippen molar-refractivity contribution in [1.82, 2.24) is 21.0 Å². The number of fused-ring (bicyclic) bond motifs is 1. The lowest BCUT2D eigenvalue weighted by Gasteiger charge is -2.34. The molecule has 2 aromatic carbocycles. The summed E-state index contributed by atoms with van der Waals surface area (Å²) in [6, 6.07) is 13.4. The van der Waals surface area contributed by atoms with Crippen molar-refractivity contribution in [1.29, 1.82) is 5.26 Å². The fraction of sp³-hybridized carbons (Fsp3) is 0.379. The van der Waals surface area contributed by atoms with Crippen molar-refractivity contribution in [2.75, 3.05) is 10.6 Å². The number of anilines is 2. The molecule has 0 saturated heterocycles. The molecule has 3 aliphatic rings. The fourth-order valence-corrected chi connectivity index (χ4v) is 6.11. The molecule has 1 aliphatic heterocycles. The van der Waals surface area contributed by atoms with Crippen LogP contribution in [-0.2, 0) is 5.44 Å². The van der Waals surface area contributed by atoms with Gasteiger partial charge in [0.15, 0.2) is 0 Å². The monoisotopic (exact) mass is 543 g/mol. The SMILES string of the molecule is BC(Nc1cc(Cl)c2ncc(C#N)c(NC3CCCC3(C)C)c2c1)(C1=CN(C2CC2)NN1)c1ccc(F)cc1. The van der Waals surface area contributed by atoms with Gasteiger partial charge in [0, 0.05) is 35.6 Å². The van der Waals surface area contributed by atoms with E-state index < -0.39 is 5.44 Å². The zero-order valence-electron chi connectivity index (χ0n) is 22.4. The number of hydrogen-bond acceptors (Lipinski definition) is 7. The summed E-state index contributed by atoms with van der Waals surface area (Å²) in [7, 11) is 2.05. The molecule has 2 fully saturated rings. The maximum absolute atomic E-state index is 13.9. The van der Waals surface area contributed by atoms with Crippen LogP contribution in [0.1, 0.15) is 57.1 Å². The summed E-state index contributed by atoms with van der Waals surface area (Å²) in [5, 5.41) is 20.7. The molecule has 0 radical (unpaired) electrons. The van der Waals surface area contributed by atoms with Gasteiger partial charge in [0.1, 0.15) is 19.7 Å². The molecule has 2 heterocycles. The number of halogens is 2. The minimum Gasteiger partial charge on any atom is -0.380 e. The van der Waals surface area contributed by atoms with E-state index in [4.69, 9.17) is 11.6 Å². The summed E-state index contributed by atoms with van der Waals surface area (Å²) in [6.45, 7) is 4.53. The second-order valence-electron chi connectivity index (χ2n) is 11.8. The van der Waals surface area contributed by atoms with Gasteiger partial charge in [-0.05, 0) is 60.9 Å². The predicted octanol–water partition coefficient (Wildman–Crippen LogP) is 5.12. The fourth-order valence-electron chi connectivity index (χ4n) is 5.84. The van der Waals surface area contributed by atoms with Gasteiger partial charge in [0.2, 0.25) is 0 Å². The van der Waals surface area contributed by atoms with Crippen LogP contribution in [0.3, 0.4) is 0 Å².